The molecule has 0 bridgehead atoms. The van der Waals surface area contributed by atoms with Crippen LogP contribution in [0.2, 0.25) is 0 Å². The average Bonchev–Trinajstić information content (AvgIpc) is 2.98. The van der Waals surface area contributed by atoms with Gasteiger partial charge in [-0.3, -0.25) is 5.32 Å². The van der Waals surface area contributed by atoms with Crippen LogP contribution in [0.5, 0.6) is 0 Å². The second kappa shape index (κ2) is 6.20. The first-order valence-electron chi connectivity index (χ1n) is 7.68. The average molecular weight is 321 g/mol. The molecule has 0 radical (unpaired) electrons. The summed E-state index contributed by atoms with van der Waals surface area (Å²) < 4.78 is 1.75. The summed E-state index contributed by atoms with van der Waals surface area (Å²) in [5.41, 5.74) is 6.61. The minimum Gasteiger partial charge on any atom is -0.465 e. The summed E-state index contributed by atoms with van der Waals surface area (Å²) in [6.45, 7) is 6.00. The summed E-state index contributed by atoms with van der Waals surface area (Å²) in [4.78, 5) is 10.9. The van der Waals surface area contributed by atoms with Gasteiger partial charge in [-0.2, -0.15) is 5.10 Å². The van der Waals surface area contributed by atoms with Gasteiger partial charge in [-0.1, -0.05) is 29.8 Å². The van der Waals surface area contributed by atoms with Gasteiger partial charge in [0.15, 0.2) is 0 Å². The molecule has 0 aliphatic rings. The highest BCUT2D eigenvalue weighted by Crippen LogP contribution is 2.25. The topological polar surface area (TPSA) is 67.2 Å². The zero-order valence-corrected chi connectivity index (χ0v) is 13.9. The Morgan fingerprint density at radius 1 is 1.04 bits per heavy atom. The van der Waals surface area contributed by atoms with Crippen LogP contribution < -0.4 is 5.32 Å². The Kier molecular flexibility index (Phi) is 4.08. The van der Waals surface area contributed by atoms with Crippen molar-refractivity contribution >= 4 is 11.8 Å². The fourth-order valence-electron chi connectivity index (χ4n) is 2.71. The molecule has 24 heavy (non-hydrogen) atoms. The lowest BCUT2D eigenvalue weighted by atomic mass is 10.0. The number of hydrogen-bond acceptors (Lipinski definition) is 2. The second-order valence-electron chi connectivity index (χ2n) is 5.89. The van der Waals surface area contributed by atoms with E-state index in [-0.39, 0.29) is 0 Å². The van der Waals surface area contributed by atoms with Crippen LogP contribution in [-0.4, -0.2) is 21.0 Å². The number of carboxylic acid groups (broad SMARTS) is 1. The molecule has 2 aromatic carbocycles. The third-order valence-corrected chi connectivity index (χ3v) is 3.97. The van der Waals surface area contributed by atoms with Gasteiger partial charge in [0.2, 0.25) is 0 Å². The van der Waals surface area contributed by atoms with E-state index in [4.69, 9.17) is 5.11 Å². The van der Waals surface area contributed by atoms with E-state index >= 15 is 0 Å². The molecule has 0 atom stereocenters. The minimum absolute atomic E-state index is 0.559. The van der Waals surface area contributed by atoms with E-state index < -0.39 is 6.09 Å². The molecule has 0 saturated carbocycles. The Hall–Kier alpha value is -3.08. The first-order chi connectivity index (χ1) is 11.4. The Bertz CT molecular complexity index is 913. The van der Waals surface area contributed by atoms with Crippen LogP contribution in [0.4, 0.5) is 10.5 Å². The second-order valence-corrected chi connectivity index (χ2v) is 5.89. The molecule has 122 valence electrons. The highest BCUT2D eigenvalue weighted by molar-refractivity contribution is 5.84. The van der Waals surface area contributed by atoms with Crippen molar-refractivity contribution in [3.8, 4) is 16.9 Å². The number of hydrogen-bond donors (Lipinski definition) is 2. The normalized spacial score (nSPS) is 10.6. The lowest BCUT2D eigenvalue weighted by Gasteiger charge is -2.09. The Balaban J connectivity index is 1.97. The molecule has 1 aromatic heterocycles. The molecule has 1 heterocycles. The summed E-state index contributed by atoms with van der Waals surface area (Å²) in [6, 6.07) is 13.8. The first-order valence-corrected chi connectivity index (χ1v) is 7.68. The molecule has 1 amide bonds. The first kappa shape index (κ1) is 15.8. The van der Waals surface area contributed by atoms with Crippen LogP contribution in [0.15, 0.2) is 48.7 Å². The van der Waals surface area contributed by atoms with E-state index in [1.54, 1.807) is 10.7 Å². The zero-order chi connectivity index (χ0) is 17.3. The largest absolute Gasteiger partial charge is 0.465 e. The van der Waals surface area contributed by atoms with Crippen molar-refractivity contribution in [2.75, 3.05) is 5.32 Å². The molecule has 5 nitrogen and oxygen atoms in total. The SMILES string of the molecule is Cc1ccc(-c2ccn(-c3ccc(C)c(NC(=O)O)c3)n2)c(C)c1. The van der Waals surface area contributed by atoms with Gasteiger partial charge in [0.05, 0.1) is 11.4 Å². The molecular weight excluding hydrogens is 302 g/mol. The predicted molar refractivity (Wildman–Crippen MR) is 94.9 cm³/mol. The van der Waals surface area contributed by atoms with E-state index in [1.807, 2.05) is 31.3 Å². The smallest absolute Gasteiger partial charge is 0.409 e. The Morgan fingerprint density at radius 3 is 2.54 bits per heavy atom. The Morgan fingerprint density at radius 2 is 1.83 bits per heavy atom. The molecule has 0 aliphatic heterocycles. The minimum atomic E-state index is -1.08. The summed E-state index contributed by atoms with van der Waals surface area (Å²) >= 11 is 0. The van der Waals surface area contributed by atoms with Gasteiger partial charge in [0, 0.05) is 17.4 Å². The number of rotatable bonds is 3. The number of anilines is 1. The highest BCUT2D eigenvalue weighted by Gasteiger charge is 2.09. The molecule has 0 fully saturated rings. The van der Waals surface area contributed by atoms with Crippen LogP contribution in [0.25, 0.3) is 16.9 Å². The third kappa shape index (κ3) is 3.15. The van der Waals surface area contributed by atoms with Crippen molar-refractivity contribution in [2.45, 2.75) is 20.8 Å². The van der Waals surface area contributed by atoms with Crippen LogP contribution in [0.1, 0.15) is 16.7 Å². The van der Waals surface area contributed by atoms with Gasteiger partial charge in [0.1, 0.15) is 0 Å². The van der Waals surface area contributed by atoms with E-state index in [9.17, 15) is 4.79 Å². The monoisotopic (exact) mass is 321 g/mol. The van der Waals surface area contributed by atoms with Gasteiger partial charge in [-0.05, 0) is 50.1 Å². The van der Waals surface area contributed by atoms with Crippen molar-refractivity contribution in [1.82, 2.24) is 9.78 Å². The molecule has 0 spiro atoms. The standard InChI is InChI=1S/C19H19N3O2/c1-12-4-7-16(14(3)10-12)17-8-9-22(21-17)15-6-5-13(2)18(11-15)20-19(23)24/h4-11,20H,1-3H3,(H,23,24). The fourth-order valence-corrected chi connectivity index (χ4v) is 2.71. The molecule has 5 heteroatoms. The lowest BCUT2D eigenvalue weighted by Crippen LogP contribution is -2.09. The molecule has 0 aliphatic carbocycles. The summed E-state index contributed by atoms with van der Waals surface area (Å²) in [5, 5.41) is 16.0. The zero-order valence-electron chi connectivity index (χ0n) is 13.9. The van der Waals surface area contributed by atoms with E-state index in [0.29, 0.717) is 5.69 Å². The van der Waals surface area contributed by atoms with Gasteiger partial charge >= 0.3 is 6.09 Å². The Labute approximate surface area is 140 Å². The van der Waals surface area contributed by atoms with E-state index in [2.05, 4.69) is 42.5 Å². The molecular formula is C19H19N3O2. The van der Waals surface area contributed by atoms with Crippen molar-refractivity contribution in [3.63, 3.8) is 0 Å². The van der Waals surface area contributed by atoms with Crippen LogP contribution >= 0.6 is 0 Å². The predicted octanol–water partition coefficient (Wildman–Crippen LogP) is 4.55. The van der Waals surface area contributed by atoms with Gasteiger partial charge in [-0.15, -0.1) is 0 Å². The van der Waals surface area contributed by atoms with Crippen molar-refractivity contribution in [1.29, 1.82) is 0 Å². The maximum atomic E-state index is 10.9. The number of benzene rings is 2. The van der Waals surface area contributed by atoms with Crippen LogP contribution in [0, 0.1) is 20.8 Å². The van der Waals surface area contributed by atoms with Crippen molar-refractivity contribution < 1.29 is 9.90 Å². The maximum Gasteiger partial charge on any atom is 0.409 e. The summed E-state index contributed by atoms with van der Waals surface area (Å²) in [5.74, 6) is 0. The summed E-state index contributed by atoms with van der Waals surface area (Å²) in [6.07, 6.45) is 0.802. The molecule has 0 saturated heterocycles. The maximum absolute atomic E-state index is 10.9. The summed E-state index contributed by atoms with van der Waals surface area (Å²) in [7, 11) is 0. The van der Waals surface area contributed by atoms with Crippen LogP contribution in [0.3, 0.4) is 0 Å². The number of aromatic nitrogens is 2. The van der Waals surface area contributed by atoms with E-state index in [0.717, 1.165) is 22.5 Å². The third-order valence-electron chi connectivity index (χ3n) is 3.97. The quantitative estimate of drug-likeness (QED) is 0.743. The van der Waals surface area contributed by atoms with E-state index in [1.165, 1.54) is 11.1 Å². The van der Waals surface area contributed by atoms with Gasteiger partial charge in [-0.25, -0.2) is 9.48 Å². The number of nitrogens with zero attached hydrogens (tertiary/aromatic N) is 2. The number of amides is 1. The number of nitrogens with one attached hydrogen (secondary N) is 1. The number of carbonyl (C=O) groups is 1. The van der Waals surface area contributed by atoms with Gasteiger partial charge in [0.25, 0.3) is 0 Å². The molecule has 0 unspecified atom stereocenters. The lowest BCUT2D eigenvalue weighted by molar-refractivity contribution is 0.209. The van der Waals surface area contributed by atoms with Crippen LogP contribution in [-0.2, 0) is 0 Å². The fraction of sp³-hybridized carbons (Fsp3) is 0.158. The van der Waals surface area contributed by atoms with Gasteiger partial charge < -0.3 is 5.11 Å². The van der Waals surface area contributed by atoms with Crippen molar-refractivity contribution in [2.24, 2.45) is 0 Å². The molecule has 3 rings (SSSR count). The van der Waals surface area contributed by atoms with Crippen molar-refractivity contribution in [3.05, 3.63) is 65.4 Å². The number of aryl methyl sites for hydroxylation is 3. The molecule has 3 aromatic rings. The highest BCUT2D eigenvalue weighted by atomic mass is 16.4. The molecule has 2 N–H and O–H groups in total.